The van der Waals surface area contributed by atoms with E-state index in [0.717, 1.165) is 12.1 Å². The van der Waals surface area contributed by atoms with E-state index in [1.54, 1.807) is 5.32 Å². The van der Waals surface area contributed by atoms with Gasteiger partial charge in [-0.1, -0.05) is 0 Å². The van der Waals surface area contributed by atoms with E-state index < -0.39 is 24.6 Å². The molecule has 0 unspecified atom stereocenters. The van der Waals surface area contributed by atoms with Crippen LogP contribution >= 0.6 is 0 Å². The number of alkyl halides is 3. The molecule has 98 valence electrons. The zero-order valence-corrected chi connectivity index (χ0v) is 9.21. The highest BCUT2D eigenvalue weighted by Crippen LogP contribution is 2.13. The number of carboxylic acid groups (broad SMARTS) is 1. The number of nitrogens with one attached hydrogen (secondary N) is 1. The molecule has 1 aromatic rings. The van der Waals surface area contributed by atoms with E-state index in [-0.39, 0.29) is 17.0 Å². The molecular weight excluding hydrogens is 253 g/mol. The predicted octanol–water partition coefficient (Wildman–Crippen LogP) is 1.38. The van der Waals surface area contributed by atoms with E-state index >= 15 is 0 Å². The minimum atomic E-state index is -4.51. The number of aryl methyl sites for hydroxylation is 1. The van der Waals surface area contributed by atoms with Gasteiger partial charge in [0.1, 0.15) is 12.2 Å². The summed E-state index contributed by atoms with van der Waals surface area (Å²) in [6.45, 7) is -0.114. The number of hydrogen-bond acceptors (Lipinski definition) is 3. The van der Waals surface area contributed by atoms with Crippen LogP contribution < -0.4 is 5.32 Å². The number of hydrogen-bond donors (Lipinski definition) is 2. The van der Waals surface area contributed by atoms with Crippen LogP contribution in [-0.2, 0) is 0 Å². The summed E-state index contributed by atoms with van der Waals surface area (Å²) in [7, 11) is 0. The molecule has 0 aliphatic carbocycles. The number of aromatic nitrogens is 1. The van der Waals surface area contributed by atoms with Crippen molar-refractivity contribution in [1.82, 2.24) is 10.3 Å². The van der Waals surface area contributed by atoms with Gasteiger partial charge in [0, 0.05) is 0 Å². The molecule has 1 aromatic heterocycles. The quantitative estimate of drug-likeness (QED) is 0.862. The van der Waals surface area contributed by atoms with E-state index in [9.17, 15) is 22.8 Å². The third-order valence-electron chi connectivity index (χ3n) is 2.00. The number of carboxylic acids is 1. The highest BCUT2D eigenvalue weighted by molar-refractivity contribution is 5.94. The lowest BCUT2D eigenvalue weighted by Crippen LogP contribution is -2.34. The van der Waals surface area contributed by atoms with Crippen molar-refractivity contribution in [1.29, 1.82) is 0 Å². The van der Waals surface area contributed by atoms with Gasteiger partial charge >= 0.3 is 12.1 Å². The maximum atomic E-state index is 11.9. The Morgan fingerprint density at radius 2 is 2.00 bits per heavy atom. The first-order valence-corrected chi connectivity index (χ1v) is 4.76. The SMILES string of the molecule is Cc1nc(C(=O)NCC(F)(F)F)ccc1C(=O)O. The average Bonchev–Trinajstić information content (AvgIpc) is 2.24. The molecule has 18 heavy (non-hydrogen) atoms. The standard InChI is InChI=1S/C10H9F3N2O3/c1-5-6(9(17)18)2-3-7(15-5)8(16)14-4-10(11,12)13/h2-3H,4H2,1H3,(H,14,16)(H,17,18). The maximum absolute atomic E-state index is 11.9. The normalized spacial score (nSPS) is 11.1. The Morgan fingerprint density at radius 3 is 2.44 bits per heavy atom. The summed E-state index contributed by atoms with van der Waals surface area (Å²) in [5.74, 6) is -2.23. The van der Waals surface area contributed by atoms with Gasteiger partial charge in [0.25, 0.3) is 5.91 Å². The molecule has 8 heteroatoms. The monoisotopic (exact) mass is 262 g/mol. The lowest BCUT2D eigenvalue weighted by atomic mass is 10.2. The van der Waals surface area contributed by atoms with Crippen LogP contribution in [0.2, 0.25) is 0 Å². The topological polar surface area (TPSA) is 79.3 Å². The average molecular weight is 262 g/mol. The Balaban J connectivity index is 2.82. The first-order valence-electron chi connectivity index (χ1n) is 4.76. The van der Waals surface area contributed by atoms with E-state index in [4.69, 9.17) is 5.11 Å². The van der Waals surface area contributed by atoms with E-state index in [2.05, 4.69) is 4.98 Å². The van der Waals surface area contributed by atoms with Crippen molar-refractivity contribution >= 4 is 11.9 Å². The predicted molar refractivity (Wildman–Crippen MR) is 54.3 cm³/mol. The number of rotatable bonds is 3. The maximum Gasteiger partial charge on any atom is 0.405 e. The van der Waals surface area contributed by atoms with Gasteiger partial charge < -0.3 is 10.4 Å². The molecule has 0 atom stereocenters. The number of amides is 1. The molecule has 0 aliphatic heterocycles. The van der Waals surface area contributed by atoms with Crippen molar-refractivity contribution in [2.75, 3.05) is 6.54 Å². The van der Waals surface area contributed by atoms with Gasteiger partial charge in [-0.3, -0.25) is 4.79 Å². The molecule has 0 aromatic carbocycles. The molecule has 2 N–H and O–H groups in total. The van der Waals surface area contributed by atoms with Crippen molar-refractivity contribution in [2.45, 2.75) is 13.1 Å². The van der Waals surface area contributed by atoms with Crippen LogP contribution in [0, 0.1) is 6.92 Å². The third kappa shape index (κ3) is 3.72. The Bertz CT molecular complexity index is 486. The largest absolute Gasteiger partial charge is 0.478 e. The van der Waals surface area contributed by atoms with Gasteiger partial charge in [-0.15, -0.1) is 0 Å². The highest BCUT2D eigenvalue weighted by Gasteiger charge is 2.28. The fourth-order valence-corrected chi connectivity index (χ4v) is 1.18. The molecule has 0 radical (unpaired) electrons. The van der Waals surface area contributed by atoms with Crippen molar-refractivity contribution in [2.24, 2.45) is 0 Å². The molecule has 5 nitrogen and oxygen atoms in total. The van der Waals surface area contributed by atoms with Gasteiger partial charge in [0.2, 0.25) is 0 Å². The first-order chi connectivity index (χ1) is 8.20. The molecule has 0 fully saturated rings. The number of carbonyl (C=O) groups excluding carboxylic acids is 1. The van der Waals surface area contributed by atoms with Gasteiger partial charge in [-0.05, 0) is 19.1 Å². The lowest BCUT2D eigenvalue weighted by molar-refractivity contribution is -0.123. The van der Waals surface area contributed by atoms with Gasteiger partial charge in [-0.2, -0.15) is 13.2 Å². The highest BCUT2D eigenvalue weighted by atomic mass is 19.4. The molecule has 0 aliphatic rings. The Hall–Kier alpha value is -2.12. The van der Waals surface area contributed by atoms with Crippen LogP contribution in [-0.4, -0.2) is 34.7 Å². The summed E-state index contributed by atoms with van der Waals surface area (Å²) in [6.07, 6.45) is -4.51. The second-order valence-electron chi connectivity index (χ2n) is 3.43. The van der Waals surface area contributed by atoms with E-state index in [1.807, 2.05) is 0 Å². The summed E-state index contributed by atoms with van der Waals surface area (Å²) < 4.78 is 35.6. The molecule has 1 rings (SSSR count). The van der Waals surface area contributed by atoms with E-state index in [0.29, 0.717) is 0 Å². The molecule has 0 saturated heterocycles. The van der Waals surface area contributed by atoms with Crippen LogP contribution in [0.5, 0.6) is 0 Å². The Kier molecular flexibility index (Phi) is 3.89. The van der Waals surface area contributed by atoms with E-state index in [1.165, 1.54) is 6.92 Å². The number of halogens is 3. The molecule has 1 heterocycles. The van der Waals surface area contributed by atoms with Crippen molar-refractivity contribution < 1.29 is 27.9 Å². The minimum Gasteiger partial charge on any atom is -0.478 e. The van der Waals surface area contributed by atoms with Crippen LogP contribution in [0.15, 0.2) is 12.1 Å². The third-order valence-corrected chi connectivity index (χ3v) is 2.00. The molecule has 1 amide bonds. The summed E-state index contributed by atoms with van der Waals surface area (Å²) in [5.41, 5.74) is -0.314. The minimum absolute atomic E-state index is 0.0576. The smallest absolute Gasteiger partial charge is 0.405 e. The Morgan fingerprint density at radius 1 is 1.39 bits per heavy atom. The van der Waals surface area contributed by atoms with Gasteiger partial charge in [0.15, 0.2) is 0 Å². The first kappa shape index (κ1) is 13.9. The van der Waals surface area contributed by atoms with Crippen LogP contribution in [0.25, 0.3) is 0 Å². The summed E-state index contributed by atoms with van der Waals surface area (Å²) in [5, 5.41) is 10.4. The molecule has 0 spiro atoms. The number of aromatic carboxylic acids is 1. The number of carbonyl (C=O) groups is 2. The number of nitrogens with zero attached hydrogens (tertiary/aromatic N) is 1. The summed E-state index contributed by atoms with van der Waals surface area (Å²) in [6, 6.07) is 2.18. The van der Waals surface area contributed by atoms with Crippen molar-refractivity contribution in [3.63, 3.8) is 0 Å². The second kappa shape index (κ2) is 5.03. The van der Waals surface area contributed by atoms with Crippen molar-refractivity contribution in [3.05, 3.63) is 29.1 Å². The van der Waals surface area contributed by atoms with Gasteiger partial charge in [0.05, 0.1) is 11.3 Å². The zero-order chi connectivity index (χ0) is 13.9. The zero-order valence-electron chi connectivity index (χ0n) is 9.21. The summed E-state index contributed by atoms with van der Waals surface area (Å²) in [4.78, 5) is 25.6. The fourth-order valence-electron chi connectivity index (χ4n) is 1.18. The molecule has 0 bridgehead atoms. The lowest BCUT2D eigenvalue weighted by Gasteiger charge is -2.08. The summed E-state index contributed by atoms with van der Waals surface area (Å²) >= 11 is 0. The van der Waals surface area contributed by atoms with Crippen molar-refractivity contribution in [3.8, 4) is 0 Å². The molecule has 0 saturated carbocycles. The fraction of sp³-hybridized carbons (Fsp3) is 0.300. The number of pyridine rings is 1. The van der Waals surface area contributed by atoms with Gasteiger partial charge in [-0.25, -0.2) is 9.78 Å². The second-order valence-corrected chi connectivity index (χ2v) is 3.43. The Labute approximate surface area is 99.6 Å². The van der Waals surface area contributed by atoms with Crippen LogP contribution in [0.4, 0.5) is 13.2 Å². The molecular formula is C10H9F3N2O3. The van der Waals surface area contributed by atoms with Crippen LogP contribution in [0.3, 0.4) is 0 Å². The van der Waals surface area contributed by atoms with Crippen LogP contribution in [0.1, 0.15) is 26.5 Å².